The molecule has 10 heavy (non-hydrogen) atoms. The minimum absolute atomic E-state index is 0.318. The highest BCUT2D eigenvalue weighted by Crippen LogP contribution is 2.03. The van der Waals surface area contributed by atoms with Crippen molar-refractivity contribution in [3.63, 3.8) is 0 Å². The van der Waals surface area contributed by atoms with Crippen LogP contribution in [-0.2, 0) is 0 Å². The lowest BCUT2D eigenvalue weighted by Gasteiger charge is -2.34. The molecule has 1 fully saturated rings. The molecule has 1 aliphatic rings. The monoisotopic (exact) mass is 138 g/mol. The number of terminal acetylenes is 1. The molecule has 0 aromatic carbocycles. The van der Waals surface area contributed by atoms with Gasteiger partial charge in [-0.3, -0.25) is 4.90 Å². The number of hydrogen-bond donors (Lipinski definition) is 0. The van der Waals surface area contributed by atoms with Gasteiger partial charge < -0.3 is 4.90 Å². The van der Waals surface area contributed by atoms with Gasteiger partial charge in [0.05, 0.1) is 6.04 Å². The molecule has 0 N–H and O–H groups in total. The molecule has 0 aromatic heterocycles. The maximum Gasteiger partial charge on any atom is 0.0838 e. The molecule has 0 aliphatic carbocycles. The average Bonchev–Trinajstić information content (AvgIpc) is 1.94. The molecule has 0 saturated carbocycles. The van der Waals surface area contributed by atoms with Crippen LogP contribution >= 0.6 is 0 Å². The lowest BCUT2D eigenvalue weighted by Crippen LogP contribution is -2.49. The van der Waals surface area contributed by atoms with Crippen molar-refractivity contribution in [2.45, 2.75) is 6.04 Å². The summed E-state index contributed by atoms with van der Waals surface area (Å²) in [5, 5.41) is 0. The van der Waals surface area contributed by atoms with Crippen molar-refractivity contribution in [1.29, 1.82) is 0 Å². The van der Waals surface area contributed by atoms with Gasteiger partial charge in [0.1, 0.15) is 0 Å². The van der Waals surface area contributed by atoms with Crippen LogP contribution in [0.2, 0.25) is 0 Å². The van der Waals surface area contributed by atoms with E-state index in [9.17, 15) is 0 Å². The van der Waals surface area contributed by atoms with Crippen molar-refractivity contribution in [3.8, 4) is 12.3 Å². The maximum absolute atomic E-state index is 5.34. The molecule has 1 rings (SSSR count). The number of nitrogens with zero attached hydrogens (tertiary/aromatic N) is 2. The first-order chi connectivity index (χ1) is 4.74. The molecule has 0 spiro atoms. The fraction of sp³-hybridized carbons (Fsp3) is 0.750. The first-order valence-corrected chi connectivity index (χ1v) is 3.59. The van der Waals surface area contributed by atoms with Crippen LogP contribution in [0.25, 0.3) is 0 Å². The number of hydrogen-bond acceptors (Lipinski definition) is 2. The van der Waals surface area contributed by atoms with Crippen LogP contribution in [0.3, 0.4) is 0 Å². The van der Waals surface area contributed by atoms with Crippen LogP contribution in [-0.4, -0.2) is 49.6 Å². The molecule has 1 atom stereocenters. The molecule has 56 valence electrons. The highest BCUT2D eigenvalue weighted by atomic mass is 15.3. The zero-order valence-electron chi connectivity index (χ0n) is 6.67. The Bertz CT molecular complexity index is 148. The van der Waals surface area contributed by atoms with Gasteiger partial charge in [0.15, 0.2) is 0 Å². The van der Waals surface area contributed by atoms with E-state index in [2.05, 4.69) is 29.8 Å². The fourth-order valence-electron chi connectivity index (χ4n) is 1.19. The van der Waals surface area contributed by atoms with E-state index in [1.54, 1.807) is 0 Å². The zero-order valence-corrected chi connectivity index (χ0v) is 6.67. The van der Waals surface area contributed by atoms with Gasteiger partial charge in [-0.05, 0) is 14.1 Å². The van der Waals surface area contributed by atoms with Gasteiger partial charge in [-0.2, -0.15) is 0 Å². The molecular weight excluding hydrogens is 124 g/mol. The Kier molecular flexibility index (Phi) is 2.31. The van der Waals surface area contributed by atoms with Gasteiger partial charge >= 0.3 is 0 Å². The predicted molar refractivity (Wildman–Crippen MR) is 42.7 cm³/mol. The summed E-state index contributed by atoms with van der Waals surface area (Å²) in [4.78, 5) is 4.49. The minimum atomic E-state index is 0.318. The predicted octanol–water partition coefficient (Wildman–Crippen LogP) is -0.135. The Balaban J connectivity index is 2.47. The molecule has 0 aromatic rings. The molecule has 1 aliphatic heterocycles. The van der Waals surface area contributed by atoms with Crippen molar-refractivity contribution in [3.05, 3.63) is 0 Å². The standard InChI is InChI=1S/C8H14N2/c1-4-8-7-9(2)5-6-10(8)3/h1,8H,5-7H2,2-3H3/t8-/m0/s1. The average molecular weight is 138 g/mol. The largest absolute Gasteiger partial charge is 0.303 e. The molecule has 2 nitrogen and oxygen atoms in total. The molecule has 1 heterocycles. The van der Waals surface area contributed by atoms with Gasteiger partial charge in [-0.1, -0.05) is 5.92 Å². The Morgan fingerprint density at radius 1 is 1.40 bits per heavy atom. The number of rotatable bonds is 0. The summed E-state index contributed by atoms with van der Waals surface area (Å²) in [7, 11) is 4.19. The first kappa shape index (κ1) is 7.59. The van der Waals surface area contributed by atoms with Crippen molar-refractivity contribution in [1.82, 2.24) is 9.80 Å². The number of likely N-dealkylation sites (N-methyl/N-ethyl adjacent to an activating group) is 2. The van der Waals surface area contributed by atoms with E-state index < -0.39 is 0 Å². The van der Waals surface area contributed by atoms with Crippen LogP contribution in [0.4, 0.5) is 0 Å². The van der Waals surface area contributed by atoms with Gasteiger partial charge in [-0.15, -0.1) is 6.42 Å². The van der Waals surface area contributed by atoms with Gasteiger partial charge in [0.25, 0.3) is 0 Å². The van der Waals surface area contributed by atoms with E-state index in [-0.39, 0.29) is 0 Å². The van der Waals surface area contributed by atoms with Crippen molar-refractivity contribution < 1.29 is 0 Å². The summed E-state index contributed by atoms with van der Waals surface area (Å²) in [5.74, 6) is 2.77. The number of piperazine rings is 1. The third-order valence-corrected chi connectivity index (χ3v) is 2.04. The summed E-state index contributed by atoms with van der Waals surface area (Å²) >= 11 is 0. The zero-order chi connectivity index (χ0) is 7.56. The first-order valence-electron chi connectivity index (χ1n) is 3.59. The second kappa shape index (κ2) is 3.05. The third-order valence-electron chi connectivity index (χ3n) is 2.04. The normalized spacial score (nSPS) is 29.9. The molecule has 0 radical (unpaired) electrons. The summed E-state index contributed by atoms with van der Waals surface area (Å²) in [5.41, 5.74) is 0. The molecular formula is C8H14N2. The highest BCUT2D eigenvalue weighted by Gasteiger charge is 2.19. The topological polar surface area (TPSA) is 6.48 Å². The van der Waals surface area contributed by atoms with E-state index in [0.29, 0.717) is 6.04 Å². The fourth-order valence-corrected chi connectivity index (χ4v) is 1.19. The summed E-state index contributed by atoms with van der Waals surface area (Å²) in [6.45, 7) is 3.23. The van der Waals surface area contributed by atoms with E-state index in [0.717, 1.165) is 19.6 Å². The summed E-state index contributed by atoms with van der Waals surface area (Å²) in [6.07, 6.45) is 5.34. The molecule has 1 saturated heterocycles. The quantitative estimate of drug-likeness (QED) is 0.430. The Morgan fingerprint density at radius 2 is 2.10 bits per heavy atom. The lowest BCUT2D eigenvalue weighted by atomic mass is 10.2. The Hall–Kier alpha value is -0.520. The van der Waals surface area contributed by atoms with Gasteiger partial charge in [-0.25, -0.2) is 0 Å². The van der Waals surface area contributed by atoms with Crippen LogP contribution in [0.1, 0.15) is 0 Å². The smallest absolute Gasteiger partial charge is 0.0838 e. The van der Waals surface area contributed by atoms with Gasteiger partial charge in [0.2, 0.25) is 0 Å². The highest BCUT2D eigenvalue weighted by molar-refractivity contribution is 5.02. The van der Waals surface area contributed by atoms with Crippen molar-refractivity contribution >= 4 is 0 Å². The third kappa shape index (κ3) is 1.50. The Morgan fingerprint density at radius 3 is 2.60 bits per heavy atom. The molecule has 0 bridgehead atoms. The van der Waals surface area contributed by atoms with E-state index in [1.165, 1.54) is 0 Å². The van der Waals surface area contributed by atoms with Crippen molar-refractivity contribution in [2.24, 2.45) is 0 Å². The minimum Gasteiger partial charge on any atom is -0.303 e. The van der Waals surface area contributed by atoms with Crippen LogP contribution in [0, 0.1) is 12.3 Å². The van der Waals surface area contributed by atoms with Gasteiger partial charge in [0, 0.05) is 19.6 Å². The van der Waals surface area contributed by atoms with Crippen LogP contribution in [0.5, 0.6) is 0 Å². The molecule has 0 unspecified atom stereocenters. The second-order valence-corrected chi connectivity index (χ2v) is 2.93. The summed E-state index contributed by atoms with van der Waals surface area (Å²) in [6, 6.07) is 0.318. The van der Waals surface area contributed by atoms with E-state index in [4.69, 9.17) is 6.42 Å². The lowest BCUT2D eigenvalue weighted by molar-refractivity contribution is 0.146. The van der Waals surface area contributed by atoms with E-state index >= 15 is 0 Å². The van der Waals surface area contributed by atoms with Crippen LogP contribution in [0.15, 0.2) is 0 Å². The molecule has 2 heteroatoms. The maximum atomic E-state index is 5.34. The molecule has 0 amide bonds. The second-order valence-electron chi connectivity index (χ2n) is 2.93. The van der Waals surface area contributed by atoms with Crippen molar-refractivity contribution in [2.75, 3.05) is 33.7 Å². The Labute approximate surface area is 62.8 Å². The summed E-state index contributed by atoms with van der Waals surface area (Å²) < 4.78 is 0. The van der Waals surface area contributed by atoms with Crippen LogP contribution < -0.4 is 0 Å². The van der Waals surface area contributed by atoms with E-state index in [1.807, 2.05) is 0 Å². The SMILES string of the molecule is C#C[C@H]1CN(C)CCN1C.